The molecule has 2 aliphatic heterocycles. The molecule has 1 aromatic heterocycles. The molecule has 1 aromatic carbocycles. The van der Waals surface area contributed by atoms with Crippen LogP contribution in [-0.4, -0.2) is 69.1 Å². The highest BCUT2D eigenvalue weighted by atomic mass is 16.5. The molecule has 3 heterocycles. The van der Waals surface area contributed by atoms with Gasteiger partial charge in [-0.3, -0.25) is 14.7 Å². The summed E-state index contributed by atoms with van der Waals surface area (Å²) in [7, 11) is 0. The Kier molecular flexibility index (Phi) is 3.64. The van der Waals surface area contributed by atoms with Crippen molar-refractivity contribution in [3.8, 4) is 5.75 Å². The highest BCUT2D eigenvalue weighted by molar-refractivity contribution is 5.90. The van der Waals surface area contributed by atoms with E-state index < -0.39 is 6.10 Å². The summed E-state index contributed by atoms with van der Waals surface area (Å²) in [5.74, 6) is 0.807. The molecular formula is C16H17N5O3. The van der Waals surface area contributed by atoms with E-state index in [-0.39, 0.29) is 17.6 Å². The lowest BCUT2D eigenvalue weighted by atomic mass is 10.1. The van der Waals surface area contributed by atoms with Crippen molar-refractivity contribution in [3.63, 3.8) is 0 Å². The molecule has 0 spiro atoms. The van der Waals surface area contributed by atoms with Crippen LogP contribution < -0.4 is 4.74 Å². The van der Waals surface area contributed by atoms with Gasteiger partial charge in [-0.05, 0) is 11.6 Å². The third-order valence-corrected chi connectivity index (χ3v) is 4.42. The number of hydrogen-bond acceptors (Lipinski definition) is 5. The van der Waals surface area contributed by atoms with Crippen molar-refractivity contribution in [2.75, 3.05) is 26.2 Å². The quantitative estimate of drug-likeness (QED) is 0.844. The zero-order chi connectivity index (χ0) is 16.5. The SMILES string of the molecule is O=C(c1ncn[nH]1)N1CCN(C(=O)[C@H]2Cc3ccccc3O2)CC1. The molecule has 1 fully saturated rings. The molecule has 1 saturated heterocycles. The van der Waals surface area contributed by atoms with Gasteiger partial charge in [-0.25, -0.2) is 4.98 Å². The minimum atomic E-state index is -0.459. The second-order valence-corrected chi connectivity index (χ2v) is 5.87. The second kappa shape index (κ2) is 5.95. The van der Waals surface area contributed by atoms with Crippen molar-refractivity contribution in [2.24, 2.45) is 0 Å². The number of benzene rings is 1. The molecule has 0 unspecified atom stereocenters. The maximum atomic E-state index is 12.6. The van der Waals surface area contributed by atoms with Crippen LogP contribution >= 0.6 is 0 Å². The first-order valence-corrected chi connectivity index (χ1v) is 7.90. The number of para-hydroxylation sites is 1. The summed E-state index contributed by atoms with van der Waals surface area (Å²) in [4.78, 5) is 32.2. The number of nitrogens with one attached hydrogen (secondary N) is 1. The summed E-state index contributed by atoms with van der Waals surface area (Å²) in [5.41, 5.74) is 1.06. The molecular weight excluding hydrogens is 310 g/mol. The van der Waals surface area contributed by atoms with Gasteiger partial charge in [0.25, 0.3) is 11.8 Å². The van der Waals surface area contributed by atoms with Gasteiger partial charge in [0, 0.05) is 32.6 Å². The molecule has 0 radical (unpaired) electrons. The van der Waals surface area contributed by atoms with Gasteiger partial charge in [-0.1, -0.05) is 18.2 Å². The third kappa shape index (κ3) is 2.60. The summed E-state index contributed by atoms with van der Waals surface area (Å²) < 4.78 is 5.76. The molecule has 24 heavy (non-hydrogen) atoms. The van der Waals surface area contributed by atoms with Gasteiger partial charge in [0.2, 0.25) is 5.82 Å². The molecule has 0 saturated carbocycles. The molecule has 0 aliphatic carbocycles. The highest BCUT2D eigenvalue weighted by Gasteiger charge is 2.34. The Morgan fingerprint density at radius 2 is 1.88 bits per heavy atom. The number of hydrogen-bond donors (Lipinski definition) is 1. The second-order valence-electron chi connectivity index (χ2n) is 5.87. The molecule has 2 aliphatic rings. The minimum absolute atomic E-state index is 0.0158. The minimum Gasteiger partial charge on any atom is -0.480 e. The lowest BCUT2D eigenvalue weighted by Crippen LogP contribution is -2.53. The number of amides is 2. The van der Waals surface area contributed by atoms with E-state index in [0.717, 1.165) is 11.3 Å². The first-order chi connectivity index (χ1) is 11.7. The summed E-state index contributed by atoms with van der Waals surface area (Å²) in [6, 6.07) is 7.72. The van der Waals surface area contributed by atoms with Gasteiger partial charge in [0.05, 0.1) is 0 Å². The number of nitrogens with zero attached hydrogens (tertiary/aromatic N) is 4. The monoisotopic (exact) mass is 327 g/mol. The number of ether oxygens (including phenoxy) is 1. The van der Waals surface area contributed by atoms with E-state index in [0.29, 0.717) is 32.6 Å². The maximum Gasteiger partial charge on any atom is 0.291 e. The van der Waals surface area contributed by atoms with Crippen molar-refractivity contribution in [1.29, 1.82) is 0 Å². The molecule has 124 valence electrons. The van der Waals surface area contributed by atoms with E-state index in [4.69, 9.17) is 4.74 Å². The molecule has 1 atom stereocenters. The number of aromatic nitrogens is 3. The fourth-order valence-corrected chi connectivity index (χ4v) is 3.11. The zero-order valence-corrected chi connectivity index (χ0v) is 13.0. The van der Waals surface area contributed by atoms with Crippen LogP contribution in [0.25, 0.3) is 0 Å². The lowest BCUT2D eigenvalue weighted by Gasteiger charge is -2.35. The van der Waals surface area contributed by atoms with Gasteiger partial charge >= 0.3 is 0 Å². The molecule has 8 heteroatoms. The molecule has 8 nitrogen and oxygen atoms in total. The van der Waals surface area contributed by atoms with Crippen LogP contribution in [0.5, 0.6) is 5.75 Å². The van der Waals surface area contributed by atoms with E-state index in [1.54, 1.807) is 9.80 Å². The van der Waals surface area contributed by atoms with E-state index in [9.17, 15) is 9.59 Å². The van der Waals surface area contributed by atoms with Crippen LogP contribution in [0.3, 0.4) is 0 Å². The largest absolute Gasteiger partial charge is 0.480 e. The van der Waals surface area contributed by atoms with E-state index in [1.807, 2.05) is 24.3 Å². The summed E-state index contributed by atoms with van der Waals surface area (Å²) in [6.07, 6.45) is 1.45. The van der Waals surface area contributed by atoms with Crippen molar-refractivity contribution in [3.05, 3.63) is 42.0 Å². The topological polar surface area (TPSA) is 91.4 Å². The van der Waals surface area contributed by atoms with Crippen LogP contribution in [0.15, 0.2) is 30.6 Å². The van der Waals surface area contributed by atoms with Gasteiger partial charge in [-0.15, -0.1) is 0 Å². The average Bonchev–Trinajstić information content (AvgIpc) is 3.30. The predicted molar refractivity (Wildman–Crippen MR) is 83.4 cm³/mol. The number of piperazine rings is 1. The number of fused-ring (bicyclic) bond motifs is 1. The van der Waals surface area contributed by atoms with Crippen molar-refractivity contribution in [1.82, 2.24) is 25.0 Å². The van der Waals surface area contributed by atoms with Crippen molar-refractivity contribution < 1.29 is 14.3 Å². The Hall–Kier alpha value is -2.90. The van der Waals surface area contributed by atoms with E-state index in [2.05, 4.69) is 15.2 Å². The van der Waals surface area contributed by atoms with Crippen molar-refractivity contribution in [2.45, 2.75) is 12.5 Å². The number of rotatable bonds is 2. The van der Waals surface area contributed by atoms with Gasteiger partial charge in [0.1, 0.15) is 12.1 Å². The summed E-state index contributed by atoms with van der Waals surface area (Å²) in [6.45, 7) is 1.94. The molecule has 1 N–H and O–H groups in total. The Morgan fingerprint density at radius 1 is 1.12 bits per heavy atom. The van der Waals surface area contributed by atoms with E-state index in [1.165, 1.54) is 6.33 Å². The normalized spacial score (nSPS) is 19.8. The van der Waals surface area contributed by atoms with Crippen LogP contribution in [0.4, 0.5) is 0 Å². The Labute approximate surface area is 138 Å². The Bertz CT molecular complexity index is 728. The van der Waals surface area contributed by atoms with Gasteiger partial charge in [0.15, 0.2) is 6.10 Å². The third-order valence-electron chi connectivity index (χ3n) is 4.42. The molecule has 2 aromatic rings. The van der Waals surface area contributed by atoms with Gasteiger partial charge < -0.3 is 14.5 Å². The molecule has 2 amide bonds. The van der Waals surface area contributed by atoms with Crippen LogP contribution in [0.2, 0.25) is 0 Å². The summed E-state index contributed by atoms with van der Waals surface area (Å²) in [5, 5.41) is 6.26. The highest BCUT2D eigenvalue weighted by Crippen LogP contribution is 2.29. The first-order valence-electron chi connectivity index (χ1n) is 7.90. The number of H-pyrrole nitrogens is 1. The number of carbonyl (C=O) groups is 2. The lowest BCUT2D eigenvalue weighted by molar-refractivity contribution is -0.139. The first kappa shape index (κ1) is 14.7. The standard InChI is InChI=1S/C16H17N5O3/c22-15(13-9-11-3-1-2-4-12(11)24-13)20-5-7-21(8-6-20)16(23)14-17-10-18-19-14/h1-4,10,13H,5-9H2,(H,17,18,19)/t13-/m1/s1. The molecule has 0 bridgehead atoms. The Morgan fingerprint density at radius 3 is 2.58 bits per heavy atom. The van der Waals surface area contributed by atoms with Crippen LogP contribution in [0.1, 0.15) is 16.2 Å². The fraction of sp³-hybridized carbons (Fsp3) is 0.375. The smallest absolute Gasteiger partial charge is 0.291 e. The number of carbonyl (C=O) groups excluding carboxylic acids is 2. The zero-order valence-electron chi connectivity index (χ0n) is 13.0. The fourth-order valence-electron chi connectivity index (χ4n) is 3.11. The number of aromatic amines is 1. The van der Waals surface area contributed by atoms with Gasteiger partial charge in [-0.2, -0.15) is 5.10 Å². The predicted octanol–water partition coefficient (Wildman–Crippen LogP) is 0.0928. The summed E-state index contributed by atoms with van der Waals surface area (Å²) >= 11 is 0. The van der Waals surface area contributed by atoms with E-state index >= 15 is 0 Å². The Balaban J connectivity index is 1.35. The van der Waals surface area contributed by atoms with Crippen LogP contribution in [-0.2, 0) is 11.2 Å². The average molecular weight is 327 g/mol. The van der Waals surface area contributed by atoms with Crippen LogP contribution in [0, 0.1) is 0 Å². The van der Waals surface area contributed by atoms with Crippen molar-refractivity contribution >= 4 is 11.8 Å². The maximum absolute atomic E-state index is 12.6. The molecule has 4 rings (SSSR count).